The Hall–Kier alpha value is -3.75. The van der Waals surface area contributed by atoms with Crippen molar-refractivity contribution in [1.82, 2.24) is 20.1 Å². The summed E-state index contributed by atoms with van der Waals surface area (Å²) in [6.07, 6.45) is 5.42. The molecule has 6 nitrogen and oxygen atoms in total. The number of hydrogen-bond acceptors (Lipinski definition) is 5. The molecule has 1 saturated heterocycles. The van der Waals surface area contributed by atoms with E-state index in [9.17, 15) is 18.0 Å². The summed E-state index contributed by atoms with van der Waals surface area (Å²) in [5.74, 6) is -0.0107. The zero-order valence-corrected chi connectivity index (χ0v) is 18.2. The van der Waals surface area contributed by atoms with Gasteiger partial charge >= 0.3 is 6.18 Å². The highest BCUT2D eigenvalue weighted by Crippen LogP contribution is 2.33. The van der Waals surface area contributed by atoms with Gasteiger partial charge in [-0.05, 0) is 31.1 Å². The van der Waals surface area contributed by atoms with Gasteiger partial charge in [0, 0.05) is 30.6 Å². The molecule has 0 spiro atoms. The number of rotatable bonds is 5. The second-order valence-corrected chi connectivity index (χ2v) is 8.30. The maximum absolute atomic E-state index is 13.8. The molecule has 3 aliphatic rings. The van der Waals surface area contributed by atoms with E-state index in [1.54, 1.807) is 4.90 Å². The third-order valence-corrected chi connectivity index (χ3v) is 6.13. The highest BCUT2D eigenvalue weighted by Gasteiger charge is 2.40. The molecule has 0 aliphatic carbocycles. The van der Waals surface area contributed by atoms with Crippen molar-refractivity contribution in [3.05, 3.63) is 89.9 Å². The van der Waals surface area contributed by atoms with Crippen LogP contribution in [0.1, 0.15) is 24.0 Å². The smallest absolute Gasteiger partial charge is 0.417 e. The molecule has 176 valence electrons. The quantitative estimate of drug-likeness (QED) is 0.715. The number of nitrogens with one attached hydrogen (secondary N) is 1. The molecule has 1 aromatic carbocycles. The highest BCUT2D eigenvalue weighted by molar-refractivity contribution is 6.02. The van der Waals surface area contributed by atoms with Gasteiger partial charge in [0.15, 0.2) is 0 Å². The number of amides is 1. The Morgan fingerprint density at radius 1 is 1.15 bits per heavy atom. The van der Waals surface area contributed by atoms with E-state index in [0.717, 1.165) is 36.4 Å². The summed E-state index contributed by atoms with van der Waals surface area (Å²) in [6, 6.07) is 11.6. The summed E-state index contributed by atoms with van der Waals surface area (Å²) in [7, 11) is 0. The summed E-state index contributed by atoms with van der Waals surface area (Å²) in [6.45, 7) is 0.738. The maximum atomic E-state index is 13.8. The fourth-order valence-corrected chi connectivity index (χ4v) is 4.44. The second-order valence-electron chi connectivity index (χ2n) is 8.30. The third kappa shape index (κ3) is 4.25. The molecule has 5 rings (SSSR count). The Balaban J connectivity index is 1.35. The molecule has 0 saturated carbocycles. The normalized spacial score (nSPS) is 21.6. The van der Waals surface area contributed by atoms with Crippen molar-refractivity contribution < 1.29 is 22.7 Å². The van der Waals surface area contributed by atoms with Crippen molar-refractivity contribution >= 4 is 11.6 Å². The predicted molar refractivity (Wildman–Crippen MR) is 120 cm³/mol. The molecule has 1 aromatic heterocycles. The number of hydrogen-bond donors (Lipinski definition) is 1. The average molecular weight is 468 g/mol. The van der Waals surface area contributed by atoms with Crippen LogP contribution in [-0.4, -0.2) is 46.1 Å². The van der Waals surface area contributed by atoms with Crippen LogP contribution in [0.4, 0.5) is 13.2 Å². The lowest BCUT2D eigenvalue weighted by molar-refractivity contribution is -0.138. The van der Waals surface area contributed by atoms with E-state index >= 15 is 0 Å². The summed E-state index contributed by atoms with van der Waals surface area (Å²) in [5.41, 5.74) is 1.42. The number of aromatic nitrogens is 1. The molecule has 3 aliphatic heterocycles. The van der Waals surface area contributed by atoms with Gasteiger partial charge in [-0.15, -0.1) is 0 Å². The Bertz CT molecular complexity index is 1140. The van der Waals surface area contributed by atoms with Gasteiger partial charge in [0.1, 0.15) is 18.5 Å². The number of fused-ring (bicyclic) bond motifs is 1. The van der Waals surface area contributed by atoms with Crippen molar-refractivity contribution in [2.75, 3.05) is 13.2 Å². The van der Waals surface area contributed by atoms with Crippen LogP contribution in [-0.2, 0) is 11.0 Å². The third-order valence-electron chi connectivity index (χ3n) is 6.13. The lowest BCUT2D eigenvalue weighted by Crippen LogP contribution is -2.43. The number of halogens is 3. The van der Waals surface area contributed by atoms with Gasteiger partial charge in [-0.2, -0.15) is 13.2 Å². The molecule has 1 N–H and O–H groups in total. The monoisotopic (exact) mass is 468 g/mol. The fraction of sp³-hybridized carbons (Fsp3) is 0.280. The topological polar surface area (TPSA) is 57.7 Å². The Morgan fingerprint density at radius 3 is 2.71 bits per heavy atom. The van der Waals surface area contributed by atoms with E-state index in [1.807, 2.05) is 59.7 Å². The minimum Gasteiger partial charge on any atom is -0.475 e. The van der Waals surface area contributed by atoms with Crippen LogP contribution in [0, 0.1) is 0 Å². The van der Waals surface area contributed by atoms with E-state index in [4.69, 9.17) is 4.74 Å². The van der Waals surface area contributed by atoms with E-state index in [2.05, 4.69) is 10.3 Å². The largest absolute Gasteiger partial charge is 0.475 e. The van der Waals surface area contributed by atoms with Crippen LogP contribution < -0.4 is 10.1 Å². The number of pyridine rings is 1. The van der Waals surface area contributed by atoms with Crippen molar-refractivity contribution in [1.29, 1.82) is 0 Å². The van der Waals surface area contributed by atoms with Gasteiger partial charge in [-0.1, -0.05) is 36.4 Å². The Kier molecular flexibility index (Phi) is 5.77. The first kappa shape index (κ1) is 22.1. The van der Waals surface area contributed by atoms with Gasteiger partial charge < -0.3 is 19.9 Å². The van der Waals surface area contributed by atoms with Gasteiger partial charge in [-0.3, -0.25) is 4.79 Å². The number of likely N-dealkylation sites (tertiary alicyclic amines) is 1. The van der Waals surface area contributed by atoms with Crippen LogP contribution >= 0.6 is 0 Å². The van der Waals surface area contributed by atoms with E-state index in [-0.39, 0.29) is 30.6 Å². The summed E-state index contributed by atoms with van der Waals surface area (Å²) in [4.78, 5) is 21.3. The van der Waals surface area contributed by atoms with Crippen molar-refractivity contribution in [2.24, 2.45) is 0 Å². The highest BCUT2D eigenvalue weighted by atomic mass is 19.4. The second kappa shape index (κ2) is 8.89. The van der Waals surface area contributed by atoms with E-state index < -0.39 is 11.7 Å². The molecule has 2 atom stereocenters. The number of ether oxygens (including phenoxy) is 1. The first-order valence-electron chi connectivity index (χ1n) is 11.1. The average Bonchev–Trinajstić information content (AvgIpc) is 3.47. The van der Waals surface area contributed by atoms with Crippen LogP contribution in [0.25, 0.3) is 5.70 Å². The number of benzene rings is 1. The van der Waals surface area contributed by atoms with Crippen LogP contribution in [0.15, 0.2) is 78.8 Å². The maximum Gasteiger partial charge on any atom is 0.417 e. The molecule has 1 fully saturated rings. The summed E-state index contributed by atoms with van der Waals surface area (Å²) in [5, 5.41) is 3.44. The molecule has 0 bridgehead atoms. The molecule has 2 unspecified atom stereocenters. The van der Waals surface area contributed by atoms with Gasteiger partial charge in [0.25, 0.3) is 5.91 Å². The molecular weight excluding hydrogens is 445 g/mol. The summed E-state index contributed by atoms with van der Waals surface area (Å²) < 4.78 is 44.0. The van der Waals surface area contributed by atoms with Crippen molar-refractivity contribution in [3.63, 3.8) is 0 Å². The van der Waals surface area contributed by atoms with Gasteiger partial charge in [0.05, 0.1) is 17.3 Å². The van der Waals surface area contributed by atoms with Crippen LogP contribution in [0.2, 0.25) is 0 Å². The lowest BCUT2D eigenvalue weighted by Gasteiger charge is -2.29. The number of carbonyl (C=O) groups excluding carboxylic acids is 1. The SMILES string of the molecule is O=C(C1=C(c2ccccc2)NC2C=CC=CN12)N1CCCC1COc1ccc(C(F)(F)F)cn1. The van der Waals surface area contributed by atoms with E-state index in [1.165, 1.54) is 6.07 Å². The standard InChI is InChI=1S/C25H23F3N4O2/c26-25(27,28)18-11-12-21(29-15-18)34-16-19-9-6-14-31(19)24(33)23-22(17-7-2-1-3-8-17)30-20-10-4-5-13-32(20)23/h1-5,7-8,10-13,15,19-20,30H,6,9,14,16H2. The molecule has 4 heterocycles. The zero-order chi connectivity index (χ0) is 23.7. The molecular formula is C25H23F3N4O2. The minimum atomic E-state index is -4.45. The first-order chi connectivity index (χ1) is 16.4. The molecule has 1 amide bonds. The molecule has 34 heavy (non-hydrogen) atoms. The zero-order valence-electron chi connectivity index (χ0n) is 18.2. The van der Waals surface area contributed by atoms with Crippen LogP contribution in [0.5, 0.6) is 5.88 Å². The van der Waals surface area contributed by atoms with Crippen LogP contribution in [0.3, 0.4) is 0 Å². The minimum absolute atomic E-state index is 0.100. The fourth-order valence-electron chi connectivity index (χ4n) is 4.44. The lowest BCUT2D eigenvalue weighted by atomic mass is 10.1. The van der Waals surface area contributed by atoms with Gasteiger partial charge in [-0.25, -0.2) is 4.98 Å². The number of carbonyl (C=O) groups is 1. The van der Waals surface area contributed by atoms with Gasteiger partial charge in [0.2, 0.25) is 5.88 Å². The van der Waals surface area contributed by atoms with Crippen molar-refractivity contribution in [3.8, 4) is 5.88 Å². The molecule has 9 heteroatoms. The Morgan fingerprint density at radius 2 is 1.97 bits per heavy atom. The summed E-state index contributed by atoms with van der Waals surface area (Å²) >= 11 is 0. The molecule has 2 aromatic rings. The number of alkyl halides is 3. The van der Waals surface area contributed by atoms with E-state index in [0.29, 0.717) is 12.2 Å². The Labute approximate surface area is 195 Å². The first-order valence-corrected chi connectivity index (χ1v) is 11.1. The number of nitrogens with zero attached hydrogens (tertiary/aromatic N) is 3. The predicted octanol–water partition coefficient (Wildman–Crippen LogP) is 4.15. The number of allylic oxidation sites excluding steroid dienone is 2. The molecule has 0 radical (unpaired) electrons. The van der Waals surface area contributed by atoms with Crippen molar-refractivity contribution in [2.45, 2.75) is 31.2 Å².